The molecule has 0 N–H and O–H groups in total. The minimum absolute atomic E-state index is 0.0411. The van der Waals surface area contributed by atoms with Crippen LogP contribution in [-0.4, -0.2) is 104 Å². The lowest BCUT2D eigenvalue weighted by Crippen LogP contribution is -2.49. The summed E-state index contributed by atoms with van der Waals surface area (Å²) in [6.07, 6.45) is 6.90. The normalized spacial score (nSPS) is 23.2. The first-order valence-corrected chi connectivity index (χ1v) is 12.8. The van der Waals surface area contributed by atoms with Crippen molar-refractivity contribution in [1.82, 2.24) is 14.7 Å². The van der Waals surface area contributed by atoms with Gasteiger partial charge in [0.15, 0.2) is 0 Å². The molecule has 1 aliphatic carbocycles. The second kappa shape index (κ2) is 10.9. The van der Waals surface area contributed by atoms with Crippen LogP contribution < -0.4 is 9.64 Å². The van der Waals surface area contributed by atoms with Gasteiger partial charge in [-0.2, -0.15) is 0 Å². The Balaban J connectivity index is 1.12. The van der Waals surface area contributed by atoms with E-state index < -0.39 is 0 Å². The smallest absolute Gasteiger partial charge is 0.241 e. The number of anilines is 1. The van der Waals surface area contributed by atoms with E-state index in [1.165, 1.54) is 5.69 Å². The van der Waals surface area contributed by atoms with Crippen molar-refractivity contribution < 1.29 is 14.3 Å². The Bertz CT molecular complexity index is 1020. The largest absolute Gasteiger partial charge is 0.497 e. The van der Waals surface area contributed by atoms with Crippen molar-refractivity contribution in [2.45, 2.75) is 6.42 Å². The van der Waals surface area contributed by atoms with Gasteiger partial charge in [-0.3, -0.25) is 14.6 Å². The van der Waals surface area contributed by atoms with E-state index in [0.29, 0.717) is 11.7 Å². The molecule has 0 radical (unpaired) electrons. The summed E-state index contributed by atoms with van der Waals surface area (Å²) >= 11 is 5.49. The zero-order valence-electron chi connectivity index (χ0n) is 20.3. The second-order valence-corrected chi connectivity index (χ2v) is 9.56. The average molecular weight is 496 g/mol. The molecule has 2 saturated heterocycles. The first-order chi connectivity index (χ1) is 17.1. The van der Waals surface area contributed by atoms with Crippen LogP contribution in [0.5, 0.6) is 5.75 Å². The van der Waals surface area contributed by atoms with Gasteiger partial charge in [0.2, 0.25) is 11.0 Å². The number of hydrogen-bond donors (Lipinski definition) is 0. The monoisotopic (exact) mass is 495 g/mol. The standard InChI is InChI=1S/C26H33N5O3S/c1-33-22-6-3-20(4-7-22)29-13-11-28(12-14-29)9-2-10-31-25(32)23-19-21(30-15-17-34-18-16-30)5-8-24(23)27-26(31)35/h3-8,19,23H,2,9-18H2,1H3. The van der Waals surface area contributed by atoms with Crippen molar-refractivity contribution in [1.29, 1.82) is 0 Å². The second-order valence-electron chi connectivity index (χ2n) is 9.19. The molecule has 4 aliphatic rings. The number of carbonyl (C=O) groups is 1. The van der Waals surface area contributed by atoms with Gasteiger partial charge in [-0.25, -0.2) is 4.99 Å². The number of allylic oxidation sites excluding steroid dienone is 2. The molecule has 2 fully saturated rings. The van der Waals surface area contributed by atoms with Crippen LogP contribution in [0.3, 0.4) is 0 Å². The number of thiocarbonyl (C=S) groups is 1. The molecule has 8 nitrogen and oxygen atoms in total. The van der Waals surface area contributed by atoms with Gasteiger partial charge in [0.25, 0.3) is 0 Å². The molecule has 1 aromatic carbocycles. The lowest BCUT2D eigenvalue weighted by Gasteiger charge is -2.37. The molecule has 1 atom stereocenters. The Morgan fingerprint density at radius 3 is 2.46 bits per heavy atom. The molecule has 186 valence electrons. The van der Waals surface area contributed by atoms with Crippen LogP contribution in [0.25, 0.3) is 0 Å². The van der Waals surface area contributed by atoms with Gasteiger partial charge in [0, 0.05) is 57.2 Å². The number of aliphatic imine (C=N–C) groups is 1. The molecule has 0 saturated carbocycles. The number of methoxy groups -OCH3 is 1. The summed E-state index contributed by atoms with van der Waals surface area (Å²) in [5.41, 5.74) is 3.06. The molecule has 1 aromatic rings. The Labute approximate surface area is 212 Å². The highest BCUT2D eigenvalue weighted by Gasteiger charge is 2.35. The number of rotatable bonds is 7. The van der Waals surface area contributed by atoms with Crippen molar-refractivity contribution in [2.24, 2.45) is 10.9 Å². The summed E-state index contributed by atoms with van der Waals surface area (Å²) in [6.45, 7) is 8.67. The fraction of sp³-hybridized carbons (Fsp3) is 0.500. The number of amides is 1. The van der Waals surface area contributed by atoms with E-state index in [1.807, 2.05) is 30.4 Å². The molecule has 3 heterocycles. The Morgan fingerprint density at radius 1 is 1.00 bits per heavy atom. The minimum Gasteiger partial charge on any atom is -0.497 e. The predicted octanol–water partition coefficient (Wildman–Crippen LogP) is 2.18. The molecule has 3 aliphatic heterocycles. The van der Waals surface area contributed by atoms with E-state index in [4.69, 9.17) is 21.7 Å². The molecular formula is C26H33N5O3S. The minimum atomic E-state index is -0.349. The lowest BCUT2D eigenvalue weighted by atomic mass is 9.93. The molecule has 0 aromatic heterocycles. The van der Waals surface area contributed by atoms with Gasteiger partial charge in [0.1, 0.15) is 11.7 Å². The van der Waals surface area contributed by atoms with Gasteiger partial charge < -0.3 is 19.3 Å². The van der Waals surface area contributed by atoms with Crippen molar-refractivity contribution in [3.63, 3.8) is 0 Å². The number of nitrogens with zero attached hydrogens (tertiary/aromatic N) is 5. The first-order valence-electron chi connectivity index (χ1n) is 12.4. The maximum atomic E-state index is 13.3. The third-order valence-corrected chi connectivity index (χ3v) is 7.42. The maximum absolute atomic E-state index is 13.3. The fourth-order valence-corrected chi connectivity index (χ4v) is 5.32. The third kappa shape index (κ3) is 5.42. The topological polar surface area (TPSA) is 60.9 Å². The van der Waals surface area contributed by atoms with Crippen LogP contribution >= 0.6 is 12.2 Å². The van der Waals surface area contributed by atoms with Gasteiger partial charge in [-0.15, -0.1) is 0 Å². The van der Waals surface area contributed by atoms with Crippen LogP contribution in [0.15, 0.2) is 53.2 Å². The van der Waals surface area contributed by atoms with Gasteiger partial charge in [0.05, 0.1) is 26.0 Å². The number of carbonyl (C=O) groups excluding carboxylic acids is 1. The number of ether oxygens (including phenoxy) is 2. The Morgan fingerprint density at radius 2 is 1.74 bits per heavy atom. The van der Waals surface area contributed by atoms with Crippen molar-refractivity contribution in [2.75, 3.05) is 77.6 Å². The number of piperazine rings is 1. The zero-order valence-corrected chi connectivity index (χ0v) is 21.1. The zero-order chi connectivity index (χ0) is 24.2. The summed E-state index contributed by atoms with van der Waals surface area (Å²) in [6, 6.07) is 8.25. The molecule has 35 heavy (non-hydrogen) atoms. The first kappa shape index (κ1) is 24.0. The summed E-state index contributed by atoms with van der Waals surface area (Å²) < 4.78 is 10.7. The average Bonchev–Trinajstić information content (AvgIpc) is 2.91. The summed E-state index contributed by atoms with van der Waals surface area (Å²) in [7, 11) is 1.69. The molecule has 1 unspecified atom stereocenters. The number of morpholine rings is 1. The summed E-state index contributed by atoms with van der Waals surface area (Å²) in [5.74, 6) is 0.572. The van der Waals surface area contributed by atoms with E-state index in [1.54, 1.807) is 12.0 Å². The highest BCUT2D eigenvalue weighted by Crippen LogP contribution is 2.25. The van der Waals surface area contributed by atoms with Gasteiger partial charge in [-0.05, 0) is 67.7 Å². The maximum Gasteiger partial charge on any atom is 0.241 e. The molecule has 1 amide bonds. The molecular weight excluding hydrogens is 462 g/mol. The van der Waals surface area contributed by atoms with Gasteiger partial charge in [-0.1, -0.05) is 0 Å². The van der Waals surface area contributed by atoms with Crippen LogP contribution in [0.4, 0.5) is 5.69 Å². The van der Waals surface area contributed by atoms with Crippen LogP contribution in [0.1, 0.15) is 6.42 Å². The van der Waals surface area contributed by atoms with E-state index in [2.05, 4.69) is 31.8 Å². The molecule has 9 heteroatoms. The fourth-order valence-electron chi connectivity index (χ4n) is 5.04. The van der Waals surface area contributed by atoms with E-state index in [9.17, 15) is 4.79 Å². The number of fused-ring (bicyclic) bond motifs is 1. The van der Waals surface area contributed by atoms with Crippen molar-refractivity contribution >= 4 is 34.6 Å². The lowest BCUT2D eigenvalue weighted by molar-refractivity contribution is -0.128. The highest BCUT2D eigenvalue weighted by molar-refractivity contribution is 7.80. The van der Waals surface area contributed by atoms with Crippen LogP contribution in [0.2, 0.25) is 0 Å². The third-order valence-electron chi connectivity index (χ3n) is 7.11. The quantitative estimate of drug-likeness (QED) is 0.538. The summed E-state index contributed by atoms with van der Waals surface area (Å²) in [5, 5.41) is 0.387. The predicted molar refractivity (Wildman–Crippen MR) is 141 cm³/mol. The van der Waals surface area contributed by atoms with Crippen LogP contribution in [-0.2, 0) is 9.53 Å². The number of hydrogen-bond acceptors (Lipinski definition) is 7. The van der Waals surface area contributed by atoms with Gasteiger partial charge >= 0.3 is 0 Å². The van der Waals surface area contributed by atoms with Crippen LogP contribution in [0, 0.1) is 5.92 Å². The molecule has 5 rings (SSSR count). The summed E-state index contributed by atoms with van der Waals surface area (Å²) in [4.78, 5) is 26.8. The number of benzene rings is 1. The highest BCUT2D eigenvalue weighted by atomic mass is 32.1. The van der Waals surface area contributed by atoms with Crippen molar-refractivity contribution in [3.05, 3.63) is 48.2 Å². The molecule has 0 spiro atoms. The van der Waals surface area contributed by atoms with E-state index >= 15 is 0 Å². The van der Waals surface area contributed by atoms with E-state index in [-0.39, 0.29) is 11.8 Å². The van der Waals surface area contributed by atoms with E-state index in [0.717, 1.165) is 82.6 Å². The van der Waals surface area contributed by atoms with Crippen molar-refractivity contribution in [3.8, 4) is 5.75 Å². The SMILES string of the molecule is COc1ccc(N2CCN(CCCN3C(=O)C4C=C(N5CCOCC5)C=CC4=NC3=S)CC2)cc1. The Hall–Kier alpha value is -2.75. The Kier molecular flexibility index (Phi) is 7.46. The molecule has 0 bridgehead atoms.